The second-order valence-electron chi connectivity index (χ2n) is 11.4. The molecular weight excluding hydrogens is 538 g/mol. The molecule has 1 spiro atoms. The van der Waals surface area contributed by atoms with Gasteiger partial charge in [0, 0.05) is 32.4 Å². The Labute approximate surface area is 261 Å². The number of rotatable bonds is 12. The Kier molecular flexibility index (Phi) is 18.9. The maximum absolute atomic E-state index is 11.7. The number of amides is 1. The van der Waals surface area contributed by atoms with Crippen LogP contribution in [0.2, 0.25) is 0 Å². The Hall–Kier alpha value is -3.18. The Balaban J connectivity index is 0.000000421. The van der Waals surface area contributed by atoms with Gasteiger partial charge < -0.3 is 20.4 Å². The molecule has 1 saturated heterocycles. The predicted octanol–water partition coefficient (Wildman–Crippen LogP) is 6.99. The van der Waals surface area contributed by atoms with E-state index in [1.54, 1.807) is 13.3 Å². The first-order chi connectivity index (χ1) is 20.8. The quantitative estimate of drug-likeness (QED) is 0.202. The molecule has 8 heteroatoms. The first-order valence-corrected chi connectivity index (χ1v) is 16.2. The van der Waals surface area contributed by atoms with E-state index in [0.29, 0.717) is 11.7 Å². The van der Waals surface area contributed by atoms with Crippen LogP contribution in [0.3, 0.4) is 0 Å². The number of primary amides is 1. The number of H-pyrrole nitrogens is 1. The maximum atomic E-state index is 11.7. The normalized spacial score (nSPS) is 16.0. The van der Waals surface area contributed by atoms with E-state index in [9.17, 15) is 9.59 Å². The molecule has 5 rings (SSSR count). The van der Waals surface area contributed by atoms with Gasteiger partial charge in [-0.2, -0.15) is 0 Å². The van der Waals surface area contributed by atoms with E-state index >= 15 is 0 Å². The van der Waals surface area contributed by atoms with Gasteiger partial charge in [-0.05, 0) is 94.5 Å². The van der Waals surface area contributed by atoms with Crippen LogP contribution in [0.4, 0.5) is 0 Å². The number of pyridine rings is 1. The molecule has 0 bridgehead atoms. The summed E-state index contributed by atoms with van der Waals surface area (Å²) in [5.41, 5.74) is 7.20. The van der Waals surface area contributed by atoms with Gasteiger partial charge in [0.1, 0.15) is 11.6 Å². The topological polar surface area (TPSA) is 114 Å². The van der Waals surface area contributed by atoms with Crippen molar-refractivity contribution in [1.29, 1.82) is 0 Å². The molecule has 3 heterocycles. The Morgan fingerprint density at radius 3 is 2.26 bits per heavy atom. The molecule has 1 aliphatic heterocycles. The van der Waals surface area contributed by atoms with Crippen molar-refractivity contribution >= 4 is 11.7 Å². The van der Waals surface area contributed by atoms with E-state index < -0.39 is 0 Å². The molecule has 1 amide bonds. The van der Waals surface area contributed by atoms with E-state index in [0.717, 1.165) is 73.4 Å². The zero-order valence-electron chi connectivity index (χ0n) is 27.5. The molecule has 240 valence electrons. The van der Waals surface area contributed by atoms with Crippen LogP contribution in [-0.4, -0.2) is 58.3 Å². The number of hydrogen-bond donors (Lipinski definition) is 2. The van der Waals surface area contributed by atoms with Crippen molar-refractivity contribution in [2.75, 3.05) is 26.7 Å². The number of imidazole rings is 1. The number of ketones is 1. The van der Waals surface area contributed by atoms with Gasteiger partial charge in [-0.15, -0.1) is 12.8 Å². The number of methoxy groups -OCH3 is 1. The summed E-state index contributed by atoms with van der Waals surface area (Å²) < 4.78 is 5.30. The number of hydrogen-bond acceptors (Lipinski definition) is 6. The van der Waals surface area contributed by atoms with Crippen molar-refractivity contribution in [3.63, 3.8) is 0 Å². The monoisotopic (exact) mass is 595 g/mol. The molecule has 3 N–H and O–H groups in total. The third-order valence-corrected chi connectivity index (χ3v) is 8.04. The van der Waals surface area contributed by atoms with E-state index in [1.165, 1.54) is 65.1 Å². The second-order valence-corrected chi connectivity index (χ2v) is 11.4. The van der Waals surface area contributed by atoms with Crippen molar-refractivity contribution in [1.82, 2.24) is 19.9 Å². The average molecular weight is 596 g/mol. The van der Waals surface area contributed by atoms with E-state index in [-0.39, 0.29) is 5.91 Å². The number of carbonyl (C=O) groups excluding carboxylic acids is 2. The Morgan fingerprint density at radius 2 is 1.70 bits per heavy atom. The number of carbonyl (C=O) groups is 2. The number of aromatic amines is 1. The summed E-state index contributed by atoms with van der Waals surface area (Å²) in [6.45, 7) is 11.6. The number of nitrogens with two attached hydrogens (primary N) is 1. The van der Waals surface area contributed by atoms with Crippen LogP contribution in [0.15, 0.2) is 24.5 Å². The largest absolute Gasteiger partial charge is 0.481 e. The first-order valence-electron chi connectivity index (χ1n) is 16.2. The smallest absolute Gasteiger partial charge is 0.222 e. The summed E-state index contributed by atoms with van der Waals surface area (Å²) in [5, 5.41) is 0. The number of likely N-dealkylation sites (tertiary alicyclic amines) is 1. The lowest BCUT2D eigenvalue weighted by Gasteiger charge is -2.30. The van der Waals surface area contributed by atoms with E-state index in [1.807, 2.05) is 32.2 Å². The van der Waals surface area contributed by atoms with Crippen LogP contribution in [0, 0.1) is 24.2 Å². The summed E-state index contributed by atoms with van der Waals surface area (Å²) >= 11 is 0. The highest BCUT2D eigenvalue weighted by Gasteiger charge is 2.43. The summed E-state index contributed by atoms with van der Waals surface area (Å²) in [5.74, 6) is 2.45. The maximum Gasteiger partial charge on any atom is 0.222 e. The lowest BCUT2D eigenvalue weighted by atomic mass is 9.94. The number of nitrogens with zero attached hydrogens (tertiary/aromatic N) is 3. The standard InChI is InChI=1S/C20H27N3O2.C9H17N.C2H5NO.C2H6.C2H2/c1-25-20-17(8-6-12-21-20)18-14-22-19(23-18)9-5-3-2-4-7-16(24)13-15-10-11-15;1-2-10-7-5-9(3-4-9)6-8-10;1-2(3)4;2*1-2/h6,8,12,14-15H,2-5,7,9-11,13H2,1H3,(H,22,23);2-8H2,1H3;1H3,(H2,3,4);1-2H3;1-2H. The number of unbranched alkanes of at least 4 members (excludes halogenated alkanes) is 3. The highest BCUT2D eigenvalue weighted by Crippen LogP contribution is 2.53. The SMILES string of the molecule is C#C.CC.CC(N)=O.CCN1CCC2(CC1)CC2.COc1ncccc1-c1cnc(CCCCCCC(=O)CC2CC2)[nH]1. The highest BCUT2D eigenvalue weighted by atomic mass is 16.5. The van der Waals surface area contributed by atoms with Crippen LogP contribution >= 0.6 is 0 Å². The molecule has 43 heavy (non-hydrogen) atoms. The Bertz CT molecular complexity index is 1060. The molecule has 0 unspecified atom stereocenters. The lowest BCUT2D eigenvalue weighted by molar-refractivity contribution is -0.119. The fraction of sp³-hybridized carbons (Fsp3) is 0.657. The minimum Gasteiger partial charge on any atom is -0.481 e. The summed E-state index contributed by atoms with van der Waals surface area (Å²) in [6.07, 6.45) is 27.0. The fourth-order valence-corrected chi connectivity index (χ4v) is 5.12. The van der Waals surface area contributed by atoms with Gasteiger partial charge in [0.05, 0.1) is 24.6 Å². The van der Waals surface area contributed by atoms with Crippen molar-refractivity contribution in [2.45, 2.75) is 111 Å². The third kappa shape index (κ3) is 15.7. The molecule has 2 aromatic rings. The second kappa shape index (κ2) is 21.5. The summed E-state index contributed by atoms with van der Waals surface area (Å²) in [6, 6.07) is 3.87. The predicted molar refractivity (Wildman–Crippen MR) is 177 cm³/mol. The van der Waals surface area contributed by atoms with Crippen molar-refractivity contribution < 1.29 is 14.3 Å². The minimum atomic E-state index is -0.333. The van der Waals surface area contributed by atoms with Gasteiger partial charge in [-0.3, -0.25) is 9.59 Å². The molecular formula is C35H57N5O3. The van der Waals surface area contributed by atoms with Gasteiger partial charge in [0.15, 0.2) is 0 Å². The molecule has 3 aliphatic rings. The molecule has 2 saturated carbocycles. The molecule has 2 aromatic heterocycles. The lowest BCUT2D eigenvalue weighted by Crippen LogP contribution is -2.34. The zero-order chi connectivity index (χ0) is 32.1. The number of piperidine rings is 1. The van der Waals surface area contributed by atoms with Gasteiger partial charge in [0.25, 0.3) is 0 Å². The van der Waals surface area contributed by atoms with Crippen molar-refractivity contribution in [2.24, 2.45) is 17.1 Å². The summed E-state index contributed by atoms with van der Waals surface area (Å²) in [7, 11) is 1.62. The van der Waals surface area contributed by atoms with Gasteiger partial charge in [0.2, 0.25) is 11.8 Å². The van der Waals surface area contributed by atoms with Crippen LogP contribution in [0.1, 0.15) is 111 Å². The molecule has 0 atom stereocenters. The molecule has 0 radical (unpaired) electrons. The van der Waals surface area contributed by atoms with Crippen LogP contribution in [0.25, 0.3) is 11.3 Å². The zero-order valence-corrected chi connectivity index (χ0v) is 27.5. The van der Waals surface area contributed by atoms with E-state index in [4.69, 9.17) is 4.74 Å². The Morgan fingerprint density at radius 1 is 1.07 bits per heavy atom. The van der Waals surface area contributed by atoms with Gasteiger partial charge in [-0.25, -0.2) is 9.97 Å². The van der Waals surface area contributed by atoms with Crippen molar-refractivity contribution in [3.8, 4) is 30.0 Å². The summed E-state index contributed by atoms with van der Waals surface area (Å²) in [4.78, 5) is 35.5. The third-order valence-electron chi connectivity index (χ3n) is 8.04. The number of aryl methyl sites for hydroxylation is 1. The number of Topliss-reactive ketones (excluding diaryl/α,β-unsaturated/α-hetero) is 1. The number of aromatic nitrogens is 3. The van der Waals surface area contributed by atoms with Crippen LogP contribution < -0.4 is 10.5 Å². The molecule has 2 aliphatic carbocycles. The number of terminal acetylenes is 1. The van der Waals surface area contributed by atoms with Gasteiger partial charge in [-0.1, -0.05) is 33.6 Å². The number of ether oxygens (including phenoxy) is 1. The van der Waals surface area contributed by atoms with E-state index in [2.05, 4.69) is 45.4 Å². The molecule has 8 nitrogen and oxygen atoms in total. The number of nitrogens with one attached hydrogen (secondary N) is 1. The van der Waals surface area contributed by atoms with Crippen molar-refractivity contribution in [3.05, 3.63) is 30.4 Å². The molecule has 0 aromatic carbocycles. The molecule has 3 fully saturated rings. The van der Waals surface area contributed by atoms with Crippen LogP contribution in [-0.2, 0) is 16.0 Å². The first kappa shape index (κ1) is 37.8. The fourth-order valence-electron chi connectivity index (χ4n) is 5.12. The van der Waals surface area contributed by atoms with Crippen LogP contribution in [0.5, 0.6) is 5.88 Å². The minimum absolute atomic E-state index is 0.333. The average Bonchev–Trinajstić information content (AvgIpc) is 3.95. The van der Waals surface area contributed by atoms with Gasteiger partial charge >= 0.3 is 0 Å². The highest BCUT2D eigenvalue weighted by molar-refractivity contribution is 5.78.